The summed E-state index contributed by atoms with van der Waals surface area (Å²) in [5.41, 5.74) is -4.64. The van der Waals surface area contributed by atoms with Gasteiger partial charge in [0.2, 0.25) is 5.43 Å². The molecule has 3 aliphatic rings. The Morgan fingerprint density at radius 3 is 2.25 bits per heavy atom. The maximum Gasteiger partial charge on any atom is 0.418 e. The second-order valence-electron chi connectivity index (χ2n) is 9.27. The third-order valence-electron chi connectivity index (χ3n) is 7.06. The van der Waals surface area contributed by atoms with E-state index in [1.165, 1.54) is 12.1 Å². The number of H-pyrrole nitrogens is 1. The van der Waals surface area contributed by atoms with Gasteiger partial charge in [0.25, 0.3) is 5.91 Å². The van der Waals surface area contributed by atoms with E-state index in [4.69, 9.17) is 0 Å². The van der Waals surface area contributed by atoms with Gasteiger partial charge in [0.15, 0.2) is 0 Å². The van der Waals surface area contributed by atoms with Gasteiger partial charge in [-0.05, 0) is 61.9 Å². The number of rotatable bonds is 3. The van der Waals surface area contributed by atoms with Crippen molar-refractivity contribution in [2.24, 2.45) is 5.92 Å². The van der Waals surface area contributed by atoms with Crippen LogP contribution in [-0.4, -0.2) is 23.5 Å². The molecule has 2 bridgehead atoms. The Morgan fingerprint density at radius 2 is 1.64 bits per heavy atom. The van der Waals surface area contributed by atoms with Gasteiger partial charge in [-0.15, -0.1) is 0 Å². The minimum Gasteiger partial charge on any atom is -0.368 e. The molecule has 2 aromatic carbocycles. The number of carbonyl (C=O) groups is 1. The van der Waals surface area contributed by atoms with Crippen LogP contribution in [0.2, 0.25) is 0 Å². The molecule has 190 valence electrons. The number of benzene rings is 2. The standard InChI is InChI=1S/C25H21F6N3O2/c26-24(27,28)17-2-1-3-20-21(17)22(35)16(11-32-20)23(36)33-19-9-8-15(10-18(19)25(29,30)31)34-12-13-4-6-14(34)7-5-13/h1-3,8-11,13-14H,4-7,12H2,(H,32,35)(H,33,36). The molecule has 11 heteroatoms. The number of amides is 1. The second kappa shape index (κ2) is 8.56. The highest BCUT2D eigenvalue weighted by molar-refractivity contribution is 6.06. The van der Waals surface area contributed by atoms with Crippen LogP contribution >= 0.6 is 0 Å². The fraction of sp³-hybridized carbons (Fsp3) is 0.360. The van der Waals surface area contributed by atoms with Crippen molar-refractivity contribution in [1.29, 1.82) is 0 Å². The zero-order valence-electron chi connectivity index (χ0n) is 18.8. The van der Waals surface area contributed by atoms with Crippen molar-refractivity contribution >= 4 is 28.2 Å². The predicted octanol–water partition coefficient (Wildman–Crippen LogP) is 6.20. The van der Waals surface area contributed by atoms with Gasteiger partial charge in [0, 0.05) is 30.0 Å². The number of halogens is 6. The molecule has 3 aromatic rings. The van der Waals surface area contributed by atoms with Crippen molar-refractivity contribution in [1.82, 2.24) is 4.98 Å². The molecular weight excluding hydrogens is 488 g/mol. The second-order valence-corrected chi connectivity index (χ2v) is 9.27. The number of piperidine rings is 2. The Bertz CT molecular complexity index is 1390. The topological polar surface area (TPSA) is 65.2 Å². The largest absolute Gasteiger partial charge is 0.418 e. The molecular formula is C25H21F6N3O2. The molecule has 0 spiro atoms. The SMILES string of the molecule is O=C(Nc1ccc(N2CC3CCC2CC3)cc1C(F)(F)F)c1c[nH]c2cccc(C(F)(F)F)c2c1=O. The lowest BCUT2D eigenvalue weighted by molar-refractivity contribution is -0.137. The summed E-state index contributed by atoms with van der Waals surface area (Å²) in [6.45, 7) is 0.668. The zero-order valence-corrected chi connectivity index (χ0v) is 18.8. The Kier molecular flexibility index (Phi) is 5.76. The maximum absolute atomic E-state index is 13.9. The van der Waals surface area contributed by atoms with Gasteiger partial charge in [-0.1, -0.05) is 6.07 Å². The molecule has 36 heavy (non-hydrogen) atoms. The summed E-state index contributed by atoms with van der Waals surface area (Å²) in [5, 5.41) is 1.32. The lowest BCUT2D eigenvalue weighted by atomic mass is 9.79. The van der Waals surface area contributed by atoms with E-state index in [1.807, 2.05) is 4.90 Å². The molecule has 1 aliphatic carbocycles. The molecule has 0 radical (unpaired) electrons. The van der Waals surface area contributed by atoms with E-state index in [2.05, 4.69) is 10.3 Å². The van der Waals surface area contributed by atoms with E-state index < -0.39 is 51.5 Å². The van der Waals surface area contributed by atoms with Crippen molar-refractivity contribution in [2.75, 3.05) is 16.8 Å². The van der Waals surface area contributed by atoms with Crippen LogP contribution in [0.3, 0.4) is 0 Å². The van der Waals surface area contributed by atoms with E-state index >= 15 is 0 Å². The monoisotopic (exact) mass is 509 g/mol. The van der Waals surface area contributed by atoms with E-state index in [-0.39, 0.29) is 11.6 Å². The molecule has 2 aliphatic heterocycles. The Labute approximate surface area is 201 Å². The van der Waals surface area contributed by atoms with E-state index in [0.29, 0.717) is 24.2 Å². The summed E-state index contributed by atoms with van der Waals surface area (Å²) in [6, 6.07) is 6.78. The highest BCUT2D eigenvalue weighted by Gasteiger charge is 2.38. The number of pyridine rings is 1. The first-order valence-corrected chi connectivity index (χ1v) is 11.4. The van der Waals surface area contributed by atoms with E-state index in [1.54, 1.807) is 0 Å². The van der Waals surface area contributed by atoms with Crippen molar-refractivity contribution in [2.45, 2.75) is 44.1 Å². The molecule has 5 nitrogen and oxygen atoms in total. The van der Waals surface area contributed by atoms with Crippen LogP contribution in [0.5, 0.6) is 0 Å². The van der Waals surface area contributed by atoms with Crippen molar-refractivity contribution in [3.63, 3.8) is 0 Å². The molecule has 2 saturated heterocycles. The molecule has 1 saturated carbocycles. The fourth-order valence-corrected chi connectivity index (χ4v) is 5.30. The van der Waals surface area contributed by atoms with Crippen LogP contribution in [0, 0.1) is 5.92 Å². The van der Waals surface area contributed by atoms with Crippen LogP contribution in [0.15, 0.2) is 47.4 Å². The van der Waals surface area contributed by atoms with Gasteiger partial charge in [0.1, 0.15) is 5.56 Å². The number of alkyl halides is 6. The summed E-state index contributed by atoms with van der Waals surface area (Å²) in [4.78, 5) is 30.1. The first-order valence-electron chi connectivity index (χ1n) is 11.4. The summed E-state index contributed by atoms with van der Waals surface area (Å²) in [5.74, 6) is -0.810. The first kappa shape index (κ1) is 24.2. The average molecular weight is 509 g/mol. The molecule has 2 N–H and O–H groups in total. The molecule has 6 rings (SSSR count). The van der Waals surface area contributed by atoms with Gasteiger partial charge in [0.05, 0.1) is 22.2 Å². The summed E-state index contributed by atoms with van der Waals surface area (Å²) in [7, 11) is 0. The molecule has 0 atom stereocenters. The third kappa shape index (κ3) is 4.31. The van der Waals surface area contributed by atoms with E-state index in [0.717, 1.165) is 50.1 Å². The zero-order chi connectivity index (χ0) is 25.8. The number of aromatic amines is 1. The lowest BCUT2D eigenvalue weighted by Crippen LogP contribution is -2.48. The number of fused-ring (bicyclic) bond motifs is 4. The van der Waals surface area contributed by atoms with Crippen molar-refractivity contribution < 1.29 is 31.1 Å². The van der Waals surface area contributed by atoms with E-state index in [9.17, 15) is 35.9 Å². The molecule has 3 fully saturated rings. The molecule has 3 heterocycles. The van der Waals surface area contributed by atoms with Crippen molar-refractivity contribution in [3.8, 4) is 0 Å². The number of anilines is 2. The van der Waals surface area contributed by atoms with Gasteiger partial charge >= 0.3 is 12.4 Å². The summed E-state index contributed by atoms with van der Waals surface area (Å²) in [6.07, 6.45) is -4.85. The Balaban J connectivity index is 1.51. The minimum atomic E-state index is -4.87. The van der Waals surface area contributed by atoms with Crippen LogP contribution in [0.4, 0.5) is 37.7 Å². The fourth-order valence-electron chi connectivity index (χ4n) is 5.30. The smallest absolute Gasteiger partial charge is 0.368 e. The molecule has 1 aromatic heterocycles. The highest BCUT2D eigenvalue weighted by Crippen LogP contribution is 2.42. The summed E-state index contributed by atoms with van der Waals surface area (Å²) >= 11 is 0. The first-order chi connectivity index (χ1) is 16.9. The van der Waals surface area contributed by atoms with Crippen LogP contribution in [0.25, 0.3) is 10.9 Å². The van der Waals surface area contributed by atoms with Gasteiger partial charge in [-0.25, -0.2) is 0 Å². The normalized spacial score (nSPS) is 20.1. The van der Waals surface area contributed by atoms with Gasteiger partial charge < -0.3 is 15.2 Å². The van der Waals surface area contributed by atoms with Gasteiger partial charge in [-0.3, -0.25) is 9.59 Å². The van der Waals surface area contributed by atoms with Crippen molar-refractivity contribution in [3.05, 3.63) is 69.5 Å². The number of hydrogen-bond acceptors (Lipinski definition) is 3. The van der Waals surface area contributed by atoms with Crippen LogP contribution < -0.4 is 15.6 Å². The number of carbonyl (C=O) groups excluding carboxylic acids is 1. The predicted molar refractivity (Wildman–Crippen MR) is 122 cm³/mol. The average Bonchev–Trinajstić information content (AvgIpc) is 2.83. The van der Waals surface area contributed by atoms with Gasteiger partial charge in [-0.2, -0.15) is 26.3 Å². The minimum absolute atomic E-state index is 0.150. The summed E-state index contributed by atoms with van der Waals surface area (Å²) < 4.78 is 82.1. The molecule has 1 amide bonds. The number of aromatic nitrogens is 1. The Morgan fingerprint density at radius 1 is 0.944 bits per heavy atom. The van der Waals surface area contributed by atoms with Crippen LogP contribution in [0.1, 0.15) is 47.2 Å². The highest BCUT2D eigenvalue weighted by atomic mass is 19.4. The number of nitrogens with zero attached hydrogens (tertiary/aromatic N) is 1. The quantitative estimate of drug-likeness (QED) is 0.414. The lowest BCUT2D eigenvalue weighted by Gasteiger charge is -2.47. The third-order valence-corrected chi connectivity index (χ3v) is 7.06. The Hall–Kier alpha value is -3.50. The number of nitrogens with one attached hydrogen (secondary N) is 2. The maximum atomic E-state index is 13.9. The molecule has 0 unspecified atom stereocenters. The number of hydrogen-bond donors (Lipinski definition) is 2. The van der Waals surface area contributed by atoms with Crippen LogP contribution in [-0.2, 0) is 12.4 Å².